The van der Waals surface area contributed by atoms with Crippen molar-refractivity contribution in [2.45, 2.75) is 64.5 Å². The molecular weight excluding hydrogens is 386 g/mol. The Morgan fingerprint density at radius 3 is 2.23 bits per heavy atom. The quantitative estimate of drug-likeness (QED) is 0.131. The van der Waals surface area contributed by atoms with E-state index in [0.717, 1.165) is 64.8 Å². The second-order valence-corrected chi connectivity index (χ2v) is 7.08. The monoisotopic (exact) mass is 429 g/mol. The molecule has 0 rings (SSSR count). The van der Waals surface area contributed by atoms with Gasteiger partial charge in [-0.3, -0.25) is 4.79 Å². The molecule has 0 aliphatic heterocycles. The first-order valence-corrected chi connectivity index (χ1v) is 11.2. The fraction of sp³-hybridized carbons (Fsp3) is 0.810. The number of amides is 2. The van der Waals surface area contributed by atoms with Crippen LogP contribution >= 0.6 is 0 Å². The Hall–Kier alpha value is -1.68. The molecule has 2 atom stereocenters. The lowest BCUT2D eigenvalue weighted by molar-refractivity contribution is -0.122. The number of hydrogen-bond acceptors (Lipinski definition) is 7. The Kier molecular flexibility index (Phi) is 19.4. The molecule has 30 heavy (non-hydrogen) atoms. The third-order valence-electron chi connectivity index (χ3n) is 4.36. The first-order chi connectivity index (χ1) is 14.5. The van der Waals surface area contributed by atoms with E-state index < -0.39 is 18.2 Å². The largest absolute Gasteiger partial charge is 0.447 e. The highest BCUT2D eigenvalue weighted by molar-refractivity contribution is 5.76. The van der Waals surface area contributed by atoms with Gasteiger partial charge in [0.05, 0.1) is 12.1 Å². The van der Waals surface area contributed by atoms with E-state index in [-0.39, 0.29) is 12.5 Å². The van der Waals surface area contributed by atoms with Crippen molar-refractivity contribution < 1.29 is 19.4 Å². The first-order valence-electron chi connectivity index (χ1n) is 11.2. The highest BCUT2D eigenvalue weighted by atomic mass is 16.5. The van der Waals surface area contributed by atoms with Gasteiger partial charge in [0.15, 0.2) is 0 Å². The number of carbonyl (C=O) groups is 2. The predicted octanol–water partition coefficient (Wildman–Crippen LogP) is 0.633. The maximum atomic E-state index is 11.8. The van der Waals surface area contributed by atoms with Crippen LogP contribution in [0.1, 0.15) is 52.4 Å². The second-order valence-electron chi connectivity index (χ2n) is 7.08. The minimum Gasteiger partial charge on any atom is -0.447 e. The van der Waals surface area contributed by atoms with Crippen molar-refractivity contribution in [1.82, 2.24) is 21.3 Å². The Morgan fingerprint density at radius 1 is 1.00 bits per heavy atom. The van der Waals surface area contributed by atoms with Crippen molar-refractivity contribution >= 4 is 12.0 Å². The predicted molar refractivity (Wildman–Crippen MR) is 120 cm³/mol. The van der Waals surface area contributed by atoms with Crippen LogP contribution in [-0.4, -0.2) is 75.1 Å². The maximum absolute atomic E-state index is 11.8. The number of unbranched alkanes of at least 4 members (excludes halogenated alkanes) is 1. The summed E-state index contributed by atoms with van der Waals surface area (Å²) in [5, 5.41) is 22.2. The zero-order valence-corrected chi connectivity index (χ0v) is 18.8. The number of rotatable bonds is 19. The number of nitrogens with two attached hydrogens (primary N) is 1. The van der Waals surface area contributed by atoms with Crippen LogP contribution in [0.15, 0.2) is 12.2 Å². The molecule has 0 aliphatic rings. The zero-order chi connectivity index (χ0) is 22.5. The molecule has 9 heteroatoms. The zero-order valence-electron chi connectivity index (χ0n) is 18.8. The lowest BCUT2D eigenvalue weighted by atomic mass is 10.1. The van der Waals surface area contributed by atoms with Crippen molar-refractivity contribution in [1.29, 1.82) is 0 Å². The molecule has 0 spiro atoms. The van der Waals surface area contributed by atoms with Gasteiger partial charge in [-0.15, -0.1) is 0 Å². The van der Waals surface area contributed by atoms with Gasteiger partial charge >= 0.3 is 6.09 Å². The summed E-state index contributed by atoms with van der Waals surface area (Å²) in [7, 11) is 0. The molecular formula is C21H43N5O4. The fourth-order valence-electron chi connectivity index (χ4n) is 2.54. The number of carbonyl (C=O) groups excluding carboxylic acids is 2. The number of nitrogens with one attached hydrogen (secondary N) is 4. The van der Waals surface area contributed by atoms with Crippen LogP contribution in [-0.2, 0) is 9.53 Å². The minimum absolute atomic E-state index is 0.0929. The van der Waals surface area contributed by atoms with Gasteiger partial charge in [0, 0.05) is 13.0 Å². The molecule has 0 aromatic rings. The van der Waals surface area contributed by atoms with Gasteiger partial charge in [-0.1, -0.05) is 26.0 Å². The van der Waals surface area contributed by atoms with E-state index in [1.54, 1.807) is 19.1 Å². The molecule has 0 saturated heterocycles. The summed E-state index contributed by atoms with van der Waals surface area (Å²) in [6.07, 6.45) is 7.04. The average molecular weight is 430 g/mol. The normalized spacial score (nSPS) is 13.2. The fourth-order valence-corrected chi connectivity index (χ4v) is 2.54. The van der Waals surface area contributed by atoms with Gasteiger partial charge in [-0.05, 0) is 64.8 Å². The van der Waals surface area contributed by atoms with Crippen molar-refractivity contribution in [2.75, 3.05) is 45.9 Å². The van der Waals surface area contributed by atoms with E-state index >= 15 is 0 Å². The Labute approximate surface area is 181 Å². The van der Waals surface area contributed by atoms with Crippen LogP contribution in [0.4, 0.5) is 4.79 Å². The number of aliphatic hydroxyl groups excluding tert-OH is 1. The van der Waals surface area contributed by atoms with E-state index in [9.17, 15) is 14.7 Å². The highest BCUT2D eigenvalue weighted by Crippen LogP contribution is 2.00. The highest BCUT2D eigenvalue weighted by Gasteiger charge is 2.20. The summed E-state index contributed by atoms with van der Waals surface area (Å²) < 4.78 is 5.16. The molecule has 0 aromatic heterocycles. The minimum atomic E-state index is -0.909. The maximum Gasteiger partial charge on any atom is 0.407 e. The molecule has 0 fully saturated rings. The van der Waals surface area contributed by atoms with Gasteiger partial charge in [0.2, 0.25) is 5.91 Å². The molecule has 0 saturated carbocycles. The lowest BCUT2D eigenvalue weighted by Crippen LogP contribution is -2.46. The summed E-state index contributed by atoms with van der Waals surface area (Å²) in [5.74, 6) is -0.203. The third-order valence-corrected chi connectivity index (χ3v) is 4.36. The molecule has 0 unspecified atom stereocenters. The molecule has 176 valence electrons. The first kappa shape index (κ1) is 28.3. The number of aliphatic hydroxyl groups is 1. The lowest BCUT2D eigenvalue weighted by Gasteiger charge is -2.21. The Balaban J connectivity index is 3.82. The standard InChI is InChI=1S/C21H43N5O4/c1-3-5-10-19(27)18(26-20(28)4-2)17-30-21(29)25-16-9-15-24-13-7-6-12-23-14-8-11-22/h5,10,18-19,23-24,27H,3-4,6-9,11-17,22H2,1-2H3,(H,25,29)(H,26,28)/b10-5+/t18-,19+/m0/s1. The number of ether oxygens (including phenoxy) is 1. The summed E-state index contributed by atoms with van der Waals surface area (Å²) in [6.45, 7) is 8.56. The van der Waals surface area contributed by atoms with E-state index in [0.29, 0.717) is 13.0 Å². The van der Waals surface area contributed by atoms with Crippen LogP contribution < -0.4 is 27.0 Å². The number of allylic oxidation sites excluding steroid dienone is 1. The van der Waals surface area contributed by atoms with Gasteiger partial charge < -0.3 is 36.8 Å². The van der Waals surface area contributed by atoms with Crippen LogP contribution in [0.5, 0.6) is 0 Å². The number of alkyl carbamates (subject to hydrolysis) is 1. The van der Waals surface area contributed by atoms with Crippen molar-refractivity contribution in [3.63, 3.8) is 0 Å². The van der Waals surface area contributed by atoms with Crippen LogP contribution in [0.2, 0.25) is 0 Å². The summed E-state index contributed by atoms with van der Waals surface area (Å²) in [6, 6.07) is -0.669. The number of hydrogen-bond donors (Lipinski definition) is 6. The SMILES string of the molecule is CC/C=C/[C@@H](O)[C@H](COC(=O)NCCCNCCCCNCCCN)NC(=O)CC. The third kappa shape index (κ3) is 17.2. The van der Waals surface area contributed by atoms with Gasteiger partial charge in [0.1, 0.15) is 6.61 Å². The molecule has 0 heterocycles. The Bertz CT molecular complexity index is 463. The molecule has 2 amide bonds. The van der Waals surface area contributed by atoms with E-state index in [1.807, 2.05) is 6.92 Å². The van der Waals surface area contributed by atoms with Crippen molar-refractivity contribution in [3.8, 4) is 0 Å². The van der Waals surface area contributed by atoms with Crippen LogP contribution in [0.3, 0.4) is 0 Å². The molecule has 7 N–H and O–H groups in total. The van der Waals surface area contributed by atoms with E-state index in [2.05, 4.69) is 21.3 Å². The van der Waals surface area contributed by atoms with E-state index in [1.165, 1.54) is 0 Å². The topological polar surface area (TPSA) is 138 Å². The summed E-state index contributed by atoms with van der Waals surface area (Å²) >= 11 is 0. The average Bonchev–Trinajstić information content (AvgIpc) is 2.75. The molecule has 0 aromatic carbocycles. The van der Waals surface area contributed by atoms with Gasteiger partial charge in [-0.25, -0.2) is 4.79 Å². The summed E-state index contributed by atoms with van der Waals surface area (Å²) in [4.78, 5) is 23.5. The Morgan fingerprint density at radius 2 is 1.63 bits per heavy atom. The second kappa shape index (κ2) is 20.6. The van der Waals surface area contributed by atoms with Crippen LogP contribution in [0, 0.1) is 0 Å². The van der Waals surface area contributed by atoms with Crippen molar-refractivity contribution in [3.05, 3.63) is 12.2 Å². The van der Waals surface area contributed by atoms with Crippen molar-refractivity contribution in [2.24, 2.45) is 5.73 Å². The van der Waals surface area contributed by atoms with Crippen LogP contribution in [0.25, 0.3) is 0 Å². The summed E-state index contributed by atoms with van der Waals surface area (Å²) in [5.41, 5.74) is 5.44. The molecule has 0 aliphatic carbocycles. The smallest absolute Gasteiger partial charge is 0.407 e. The van der Waals surface area contributed by atoms with E-state index in [4.69, 9.17) is 10.5 Å². The molecule has 0 bridgehead atoms. The molecule has 9 nitrogen and oxygen atoms in total. The van der Waals surface area contributed by atoms with Gasteiger partial charge in [-0.2, -0.15) is 0 Å². The molecule has 0 radical (unpaired) electrons. The van der Waals surface area contributed by atoms with Gasteiger partial charge in [0.25, 0.3) is 0 Å².